The van der Waals surface area contributed by atoms with E-state index in [-0.39, 0.29) is 5.91 Å². The Labute approximate surface area is 137 Å². The minimum Gasteiger partial charge on any atom is -0.336 e. The van der Waals surface area contributed by atoms with E-state index in [2.05, 4.69) is 10.3 Å². The Bertz CT molecular complexity index is 496. The molecule has 0 aromatic carbocycles. The van der Waals surface area contributed by atoms with Crippen molar-refractivity contribution in [3.8, 4) is 0 Å². The zero-order valence-electron chi connectivity index (χ0n) is 13.1. The van der Waals surface area contributed by atoms with Crippen molar-refractivity contribution < 1.29 is 4.79 Å². The maximum Gasteiger partial charge on any atom is 0.256 e. The number of nitrogens with zero attached hydrogens (tertiary/aromatic N) is 2. The molecule has 0 bridgehead atoms. The van der Waals surface area contributed by atoms with Crippen LogP contribution in [0.4, 0.5) is 0 Å². The molecule has 1 saturated heterocycles. The molecule has 1 aliphatic carbocycles. The van der Waals surface area contributed by atoms with Gasteiger partial charge in [-0.25, -0.2) is 4.98 Å². The van der Waals surface area contributed by atoms with Gasteiger partial charge < -0.3 is 10.2 Å². The van der Waals surface area contributed by atoms with Crippen molar-refractivity contribution in [3.05, 3.63) is 23.9 Å². The molecule has 22 heavy (non-hydrogen) atoms. The summed E-state index contributed by atoms with van der Waals surface area (Å²) >= 11 is 1.77. The van der Waals surface area contributed by atoms with E-state index in [1.54, 1.807) is 18.0 Å². The average Bonchev–Trinajstić information content (AvgIpc) is 2.61. The van der Waals surface area contributed by atoms with Gasteiger partial charge in [0.05, 0.1) is 5.56 Å². The molecule has 0 radical (unpaired) electrons. The summed E-state index contributed by atoms with van der Waals surface area (Å²) in [4.78, 5) is 19.1. The predicted molar refractivity (Wildman–Crippen MR) is 90.3 cm³/mol. The molecular weight excluding hydrogens is 294 g/mol. The number of nitrogens with one attached hydrogen (secondary N) is 1. The summed E-state index contributed by atoms with van der Waals surface area (Å²) in [6.45, 7) is 3.36. The maximum absolute atomic E-state index is 12.7. The van der Waals surface area contributed by atoms with Crippen molar-refractivity contribution in [1.29, 1.82) is 0 Å². The first-order valence-electron chi connectivity index (χ1n) is 8.42. The van der Waals surface area contributed by atoms with Gasteiger partial charge in [-0.15, -0.1) is 11.8 Å². The fourth-order valence-electron chi connectivity index (χ4n) is 3.26. The van der Waals surface area contributed by atoms with Crippen LogP contribution in [0.15, 0.2) is 23.4 Å². The Kier molecular flexibility index (Phi) is 5.73. The minimum atomic E-state index is 0.140. The lowest BCUT2D eigenvalue weighted by Crippen LogP contribution is -2.46. The Hall–Kier alpha value is -1.07. The summed E-state index contributed by atoms with van der Waals surface area (Å²) in [5.74, 6) is 2.03. The van der Waals surface area contributed by atoms with E-state index in [4.69, 9.17) is 0 Å². The lowest BCUT2D eigenvalue weighted by Gasteiger charge is -2.28. The molecule has 0 atom stereocenters. The van der Waals surface area contributed by atoms with Gasteiger partial charge in [0.15, 0.2) is 0 Å². The second-order valence-corrected chi connectivity index (χ2v) is 7.22. The van der Waals surface area contributed by atoms with Gasteiger partial charge in [0.1, 0.15) is 5.03 Å². The van der Waals surface area contributed by atoms with Gasteiger partial charge in [-0.3, -0.25) is 4.79 Å². The van der Waals surface area contributed by atoms with Crippen molar-refractivity contribution >= 4 is 17.7 Å². The second-order valence-electron chi connectivity index (χ2n) is 6.21. The van der Waals surface area contributed by atoms with Gasteiger partial charge in [0.2, 0.25) is 0 Å². The highest BCUT2D eigenvalue weighted by Gasteiger charge is 2.22. The molecule has 1 aromatic rings. The molecule has 2 fully saturated rings. The van der Waals surface area contributed by atoms with E-state index in [0.29, 0.717) is 0 Å². The zero-order chi connectivity index (χ0) is 15.2. The van der Waals surface area contributed by atoms with Gasteiger partial charge in [0.25, 0.3) is 5.91 Å². The summed E-state index contributed by atoms with van der Waals surface area (Å²) in [6, 6.07) is 3.81. The highest BCUT2D eigenvalue weighted by molar-refractivity contribution is 7.99. The lowest BCUT2D eigenvalue weighted by atomic mass is 9.91. The fourth-order valence-corrected chi connectivity index (χ4v) is 4.43. The summed E-state index contributed by atoms with van der Waals surface area (Å²) in [6.07, 6.45) is 8.58. The number of thioether (sulfide) groups is 1. The summed E-state index contributed by atoms with van der Waals surface area (Å²) in [5.41, 5.74) is 0.783. The van der Waals surface area contributed by atoms with Crippen LogP contribution in [0.3, 0.4) is 0 Å². The second kappa shape index (κ2) is 7.97. The van der Waals surface area contributed by atoms with E-state index in [1.807, 2.05) is 17.0 Å². The van der Waals surface area contributed by atoms with Crippen LogP contribution in [-0.2, 0) is 0 Å². The lowest BCUT2D eigenvalue weighted by molar-refractivity contribution is 0.0731. The number of hydrogen-bond acceptors (Lipinski definition) is 4. The monoisotopic (exact) mass is 319 g/mol. The van der Waals surface area contributed by atoms with Crippen molar-refractivity contribution in [2.45, 2.75) is 37.1 Å². The molecule has 4 nitrogen and oxygen atoms in total. The third kappa shape index (κ3) is 4.02. The maximum atomic E-state index is 12.7. The molecule has 2 heterocycles. The van der Waals surface area contributed by atoms with Crippen molar-refractivity contribution in [3.63, 3.8) is 0 Å². The first kappa shape index (κ1) is 15.8. The first-order chi connectivity index (χ1) is 10.8. The molecule has 1 saturated carbocycles. The molecule has 0 unspecified atom stereocenters. The highest BCUT2D eigenvalue weighted by Crippen LogP contribution is 2.30. The molecule has 120 valence electrons. The number of aromatic nitrogens is 1. The first-order valence-corrected chi connectivity index (χ1v) is 9.41. The Morgan fingerprint density at radius 2 is 2.05 bits per heavy atom. The highest BCUT2D eigenvalue weighted by atomic mass is 32.2. The standard InChI is InChI=1S/C17H25N3OS/c21-17(20-11-9-18-10-12-20)15-7-4-8-19-16(15)22-13-14-5-2-1-3-6-14/h4,7-8,14,18H,1-3,5-6,9-13H2. The van der Waals surface area contributed by atoms with Crippen LogP contribution >= 0.6 is 11.8 Å². The van der Waals surface area contributed by atoms with Crippen LogP contribution < -0.4 is 5.32 Å². The van der Waals surface area contributed by atoms with E-state index in [0.717, 1.165) is 48.4 Å². The average molecular weight is 319 g/mol. The Morgan fingerprint density at radius 3 is 2.82 bits per heavy atom. The van der Waals surface area contributed by atoms with Gasteiger partial charge >= 0.3 is 0 Å². The molecule has 1 aliphatic heterocycles. The van der Waals surface area contributed by atoms with Crippen LogP contribution in [0, 0.1) is 5.92 Å². The SMILES string of the molecule is O=C(c1cccnc1SCC1CCCCC1)N1CCNCC1. The smallest absolute Gasteiger partial charge is 0.256 e. The number of piperazine rings is 1. The topological polar surface area (TPSA) is 45.2 Å². The van der Waals surface area contributed by atoms with Gasteiger partial charge in [-0.1, -0.05) is 19.3 Å². The van der Waals surface area contributed by atoms with E-state index in [9.17, 15) is 4.79 Å². The normalized spacial score (nSPS) is 20.1. The van der Waals surface area contributed by atoms with E-state index in [1.165, 1.54) is 32.1 Å². The molecule has 1 amide bonds. The van der Waals surface area contributed by atoms with Gasteiger partial charge in [0, 0.05) is 38.1 Å². The third-order valence-corrected chi connectivity index (χ3v) is 5.82. The number of amides is 1. The zero-order valence-corrected chi connectivity index (χ0v) is 13.9. The molecule has 5 heteroatoms. The molecular formula is C17H25N3OS. The van der Waals surface area contributed by atoms with Crippen molar-refractivity contribution in [2.75, 3.05) is 31.9 Å². The van der Waals surface area contributed by atoms with Crippen LogP contribution in [0.2, 0.25) is 0 Å². The fraction of sp³-hybridized carbons (Fsp3) is 0.647. The van der Waals surface area contributed by atoms with Crippen LogP contribution in [0.25, 0.3) is 0 Å². The number of carbonyl (C=O) groups is 1. The molecule has 2 aliphatic rings. The number of pyridine rings is 1. The number of hydrogen-bond donors (Lipinski definition) is 1. The number of rotatable bonds is 4. The van der Waals surface area contributed by atoms with Gasteiger partial charge in [-0.05, 0) is 30.9 Å². The van der Waals surface area contributed by atoms with Crippen LogP contribution in [0.1, 0.15) is 42.5 Å². The third-order valence-electron chi connectivity index (χ3n) is 4.59. The van der Waals surface area contributed by atoms with Gasteiger partial charge in [-0.2, -0.15) is 0 Å². The van der Waals surface area contributed by atoms with Crippen molar-refractivity contribution in [1.82, 2.24) is 15.2 Å². The minimum absolute atomic E-state index is 0.140. The Morgan fingerprint density at radius 1 is 1.27 bits per heavy atom. The summed E-state index contributed by atoms with van der Waals surface area (Å²) < 4.78 is 0. The number of carbonyl (C=O) groups excluding carboxylic acids is 1. The Balaban J connectivity index is 1.64. The molecule has 1 N–H and O–H groups in total. The summed E-state index contributed by atoms with van der Waals surface area (Å²) in [7, 11) is 0. The predicted octanol–water partition coefficient (Wildman–Crippen LogP) is 2.80. The van der Waals surface area contributed by atoms with Crippen LogP contribution in [0.5, 0.6) is 0 Å². The molecule has 1 aromatic heterocycles. The van der Waals surface area contributed by atoms with E-state index < -0.39 is 0 Å². The molecule has 3 rings (SSSR count). The quantitative estimate of drug-likeness (QED) is 0.867. The largest absolute Gasteiger partial charge is 0.336 e. The van der Waals surface area contributed by atoms with Crippen LogP contribution in [-0.4, -0.2) is 47.7 Å². The van der Waals surface area contributed by atoms with E-state index >= 15 is 0 Å². The summed E-state index contributed by atoms with van der Waals surface area (Å²) in [5, 5.41) is 4.20. The molecule has 0 spiro atoms. The van der Waals surface area contributed by atoms with Crippen molar-refractivity contribution in [2.24, 2.45) is 5.92 Å².